The molecule has 0 unspecified atom stereocenters. The Morgan fingerprint density at radius 1 is 1.23 bits per heavy atom. The number of nitrogens with zero attached hydrogens (tertiary/aromatic N) is 3. The molecule has 0 aromatic carbocycles. The summed E-state index contributed by atoms with van der Waals surface area (Å²) in [7, 11) is 0. The zero-order valence-corrected chi connectivity index (χ0v) is 7.73. The molecule has 0 bridgehead atoms. The summed E-state index contributed by atoms with van der Waals surface area (Å²) in [6.07, 6.45) is 3.74. The van der Waals surface area contributed by atoms with Crippen LogP contribution in [0, 0.1) is 13.8 Å². The quantitative estimate of drug-likeness (QED) is 0.659. The summed E-state index contributed by atoms with van der Waals surface area (Å²) in [6.45, 7) is 4.03. The summed E-state index contributed by atoms with van der Waals surface area (Å²) >= 11 is 0. The molecular formula is C10H11N3. The van der Waals surface area contributed by atoms with E-state index in [1.54, 1.807) is 6.20 Å². The van der Waals surface area contributed by atoms with Crippen LogP contribution < -0.4 is 0 Å². The highest BCUT2D eigenvalue weighted by molar-refractivity contribution is 5.36. The summed E-state index contributed by atoms with van der Waals surface area (Å²) in [5.74, 6) is 0. The van der Waals surface area contributed by atoms with Crippen molar-refractivity contribution in [1.82, 2.24) is 14.8 Å². The van der Waals surface area contributed by atoms with Crippen LogP contribution in [0.1, 0.15) is 11.4 Å². The first-order valence-corrected chi connectivity index (χ1v) is 4.21. The fraction of sp³-hybridized carbons (Fsp3) is 0.200. The van der Waals surface area contributed by atoms with E-state index in [-0.39, 0.29) is 0 Å². The number of aromatic nitrogens is 3. The van der Waals surface area contributed by atoms with E-state index >= 15 is 0 Å². The van der Waals surface area contributed by atoms with E-state index in [2.05, 4.69) is 27.8 Å². The molecule has 0 saturated heterocycles. The molecule has 2 aromatic rings. The molecule has 0 aliphatic heterocycles. The van der Waals surface area contributed by atoms with Gasteiger partial charge >= 0.3 is 0 Å². The summed E-state index contributed by atoms with van der Waals surface area (Å²) in [6, 6.07) is 6.06. The zero-order chi connectivity index (χ0) is 9.26. The van der Waals surface area contributed by atoms with Crippen molar-refractivity contribution in [2.45, 2.75) is 13.8 Å². The molecule has 2 heterocycles. The van der Waals surface area contributed by atoms with Gasteiger partial charge in [0.1, 0.15) is 0 Å². The van der Waals surface area contributed by atoms with Gasteiger partial charge in [0.2, 0.25) is 0 Å². The van der Waals surface area contributed by atoms with Crippen LogP contribution in [0.25, 0.3) is 5.69 Å². The topological polar surface area (TPSA) is 30.7 Å². The highest BCUT2D eigenvalue weighted by Gasteiger charge is 2.02. The molecule has 3 nitrogen and oxygen atoms in total. The lowest BCUT2D eigenvalue weighted by Crippen LogP contribution is -1.99. The smallest absolute Gasteiger partial charge is 0.0839 e. The lowest BCUT2D eigenvalue weighted by molar-refractivity contribution is 0.914. The molecule has 0 aliphatic carbocycles. The average molecular weight is 173 g/mol. The average Bonchev–Trinajstić information content (AvgIpc) is 2.52. The Balaban J connectivity index is 2.59. The molecule has 0 amide bonds. The standard InChI is InChI=1S/C10H11N3/c1-8-4-3-7-13(8)10-5-6-11-12-9(10)2/h3-7H,1-2H3. The molecule has 0 N–H and O–H groups in total. The minimum Gasteiger partial charge on any atom is -0.319 e. The summed E-state index contributed by atoms with van der Waals surface area (Å²) < 4.78 is 2.10. The van der Waals surface area contributed by atoms with E-state index < -0.39 is 0 Å². The molecule has 2 aromatic heterocycles. The maximum absolute atomic E-state index is 4.01. The van der Waals surface area contributed by atoms with Crippen molar-refractivity contribution in [3.8, 4) is 5.69 Å². The zero-order valence-electron chi connectivity index (χ0n) is 7.73. The first-order valence-electron chi connectivity index (χ1n) is 4.21. The third-order valence-corrected chi connectivity index (χ3v) is 2.09. The van der Waals surface area contributed by atoms with Crippen molar-refractivity contribution in [3.63, 3.8) is 0 Å². The lowest BCUT2D eigenvalue weighted by atomic mass is 10.3. The van der Waals surface area contributed by atoms with Crippen LogP contribution in [-0.2, 0) is 0 Å². The van der Waals surface area contributed by atoms with Crippen LogP contribution in [0.5, 0.6) is 0 Å². The van der Waals surface area contributed by atoms with E-state index in [0.717, 1.165) is 11.4 Å². The maximum Gasteiger partial charge on any atom is 0.0839 e. The minimum atomic E-state index is 0.946. The van der Waals surface area contributed by atoms with Gasteiger partial charge in [-0.15, -0.1) is 0 Å². The fourth-order valence-corrected chi connectivity index (χ4v) is 1.39. The van der Waals surface area contributed by atoms with E-state index in [1.807, 2.05) is 25.3 Å². The van der Waals surface area contributed by atoms with Crippen molar-refractivity contribution in [3.05, 3.63) is 42.0 Å². The van der Waals surface area contributed by atoms with Crippen molar-refractivity contribution in [2.24, 2.45) is 0 Å². The summed E-state index contributed by atoms with van der Waals surface area (Å²) in [5.41, 5.74) is 3.25. The Morgan fingerprint density at radius 3 is 2.69 bits per heavy atom. The van der Waals surface area contributed by atoms with E-state index in [1.165, 1.54) is 5.69 Å². The Morgan fingerprint density at radius 2 is 2.08 bits per heavy atom. The van der Waals surface area contributed by atoms with Crippen molar-refractivity contribution in [2.75, 3.05) is 0 Å². The van der Waals surface area contributed by atoms with Crippen LogP contribution in [0.3, 0.4) is 0 Å². The number of aryl methyl sites for hydroxylation is 2. The predicted octanol–water partition coefficient (Wildman–Crippen LogP) is 1.88. The summed E-state index contributed by atoms with van der Waals surface area (Å²) in [4.78, 5) is 0. The van der Waals surface area contributed by atoms with Crippen molar-refractivity contribution < 1.29 is 0 Å². The van der Waals surface area contributed by atoms with E-state index in [0.29, 0.717) is 0 Å². The van der Waals surface area contributed by atoms with Gasteiger partial charge in [-0.25, -0.2) is 0 Å². The highest BCUT2D eigenvalue weighted by Crippen LogP contribution is 2.12. The first-order chi connectivity index (χ1) is 6.29. The Labute approximate surface area is 77.0 Å². The molecule has 0 spiro atoms. The van der Waals surface area contributed by atoms with Crippen LogP contribution >= 0.6 is 0 Å². The monoisotopic (exact) mass is 173 g/mol. The SMILES string of the molecule is Cc1nnccc1-n1cccc1C. The molecule has 66 valence electrons. The van der Waals surface area contributed by atoms with Gasteiger partial charge in [0.15, 0.2) is 0 Å². The highest BCUT2D eigenvalue weighted by atomic mass is 15.1. The Kier molecular flexibility index (Phi) is 1.85. The van der Waals surface area contributed by atoms with Gasteiger partial charge in [0, 0.05) is 11.9 Å². The van der Waals surface area contributed by atoms with Crippen molar-refractivity contribution >= 4 is 0 Å². The fourth-order valence-electron chi connectivity index (χ4n) is 1.39. The van der Waals surface area contributed by atoms with Gasteiger partial charge < -0.3 is 4.57 Å². The third kappa shape index (κ3) is 1.33. The minimum absolute atomic E-state index is 0.946. The van der Waals surface area contributed by atoms with Gasteiger partial charge in [-0.2, -0.15) is 10.2 Å². The predicted molar refractivity (Wildman–Crippen MR) is 50.8 cm³/mol. The molecule has 0 aliphatic rings. The Hall–Kier alpha value is -1.64. The molecular weight excluding hydrogens is 162 g/mol. The normalized spacial score (nSPS) is 10.3. The summed E-state index contributed by atoms with van der Waals surface area (Å²) in [5, 5.41) is 7.83. The molecule has 0 atom stereocenters. The van der Waals surface area contributed by atoms with Crippen LogP contribution in [-0.4, -0.2) is 14.8 Å². The molecule has 0 fully saturated rings. The molecule has 13 heavy (non-hydrogen) atoms. The van der Waals surface area contributed by atoms with E-state index in [4.69, 9.17) is 0 Å². The number of hydrogen-bond acceptors (Lipinski definition) is 2. The lowest BCUT2D eigenvalue weighted by Gasteiger charge is -2.07. The third-order valence-electron chi connectivity index (χ3n) is 2.09. The van der Waals surface area contributed by atoms with Crippen LogP contribution in [0.2, 0.25) is 0 Å². The molecule has 0 saturated carbocycles. The number of hydrogen-bond donors (Lipinski definition) is 0. The van der Waals surface area contributed by atoms with Gasteiger partial charge in [0.05, 0.1) is 17.6 Å². The van der Waals surface area contributed by atoms with Gasteiger partial charge in [0.25, 0.3) is 0 Å². The van der Waals surface area contributed by atoms with Crippen LogP contribution in [0.4, 0.5) is 0 Å². The maximum atomic E-state index is 4.01. The Bertz CT molecular complexity index is 418. The molecule has 0 radical (unpaired) electrons. The second kappa shape index (κ2) is 3.01. The number of rotatable bonds is 1. The second-order valence-electron chi connectivity index (χ2n) is 3.02. The second-order valence-corrected chi connectivity index (χ2v) is 3.02. The van der Waals surface area contributed by atoms with Gasteiger partial charge in [-0.1, -0.05) is 0 Å². The molecule has 3 heteroatoms. The molecule has 2 rings (SSSR count). The van der Waals surface area contributed by atoms with Gasteiger partial charge in [-0.05, 0) is 32.0 Å². The van der Waals surface area contributed by atoms with Crippen molar-refractivity contribution in [1.29, 1.82) is 0 Å². The first kappa shape index (κ1) is 7.98. The van der Waals surface area contributed by atoms with E-state index in [9.17, 15) is 0 Å². The van der Waals surface area contributed by atoms with Gasteiger partial charge in [-0.3, -0.25) is 0 Å². The largest absolute Gasteiger partial charge is 0.319 e. The van der Waals surface area contributed by atoms with Crippen LogP contribution in [0.15, 0.2) is 30.6 Å².